The van der Waals surface area contributed by atoms with E-state index in [-0.39, 0.29) is 11.3 Å². The van der Waals surface area contributed by atoms with E-state index in [9.17, 15) is 4.79 Å². The molecule has 4 saturated carbocycles. The third kappa shape index (κ3) is 2.37. The van der Waals surface area contributed by atoms with E-state index in [4.69, 9.17) is 23.2 Å². The van der Waals surface area contributed by atoms with Crippen LogP contribution < -0.4 is 5.32 Å². The Kier molecular flexibility index (Phi) is 3.24. The van der Waals surface area contributed by atoms with Gasteiger partial charge in [-0.1, -0.05) is 23.2 Å². The molecule has 4 fully saturated rings. The minimum atomic E-state index is -0.141. The summed E-state index contributed by atoms with van der Waals surface area (Å²) in [6.45, 7) is 0. The van der Waals surface area contributed by atoms with Crippen molar-refractivity contribution in [2.45, 2.75) is 38.5 Å². The average Bonchev–Trinajstić information content (AvgIpc) is 2.40. The Labute approximate surface area is 135 Å². The van der Waals surface area contributed by atoms with Crippen LogP contribution in [0, 0.1) is 23.2 Å². The Morgan fingerprint density at radius 1 is 1.05 bits per heavy atom. The van der Waals surface area contributed by atoms with Crippen molar-refractivity contribution < 1.29 is 4.79 Å². The van der Waals surface area contributed by atoms with Gasteiger partial charge in [0.25, 0.3) is 0 Å². The Morgan fingerprint density at radius 2 is 1.62 bits per heavy atom. The van der Waals surface area contributed by atoms with Gasteiger partial charge in [-0.05, 0) is 74.5 Å². The first-order valence-electron chi connectivity index (χ1n) is 7.81. The van der Waals surface area contributed by atoms with Crippen LogP contribution in [0.3, 0.4) is 0 Å². The zero-order chi connectivity index (χ0) is 14.6. The molecule has 0 heterocycles. The van der Waals surface area contributed by atoms with Crippen molar-refractivity contribution in [2.75, 3.05) is 5.32 Å². The lowest BCUT2D eigenvalue weighted by molar-refractivity contribution is -0.140. The number of carbonyl (C=O) groups excluding carboxylic acids is 1. The second-order valence-electron chi connectivity index (χ2n) is 7.28. The molecule has 2 nitrogen and oxygen atoms in total. The van der Waals surface area contributed by atoms with Gasteiger partial charge in [-0.2, -0.15) is 0 Å². The summed E-state index contributed by atoms with van der Waals surface area (Å²) in [5.41, 5.74) is 0.541. The van der Waals surface area contributed by atoms with Crippen molar-refractivity contribution in [1.29, 1.82) is 0 Å². The summed E-state index contributed by atoms with van der Waals surface area (Å²) >= 11 is 12.1. The molecule has 1 aromatic rings. The lowest BCUT2D eigenvalue weighted by Gasteiger charge is -2.55. The van der Waals surface area contributed by atoms with Crippen molar-refractivity contribution in [3.8, 4) is 0 Å². The van der Waals surface area contributed by atoms with Crippen molar-refractivity contribution >= 4 is 34.8 Å². The molecular weight excluding hydrogens is 305 g/mol. The maximum atomic E-state index is 12.9. The van der Waals surface area contributed by atoms with Crippen LogP contribution in [0.25, 0.3) is 0 Å². The molecule has 0 unspecified atom stereocenters. The van der Waals surface area contributed by atoms with Gasteiger partial charge >= 0.3 is 0 Å². The largest absolute Gasteiger partial charge is 0.324 e. The first-order chi connectivity index (χ1) is 10.0. The molecule has 4 aliphatic carbocycles. The lowest BCUT2D eigenvalue weighted by atomic mass is 9.49. The minimum Gasteiger partial charge on any atom is -0.324 e. The smallest absolute Gasteiger partial charge is 0.230 e. The molecule has 0 spiro atoms. The van der Waals surface area contributed by atoms with Crippen LogP contribution in [-0.2, 0) is 4.79 Å². The predicted molar refractivity (Wildman–Crippen MR) is 85.7 cm³/mol. The molecule has 112 valence electrons. The molecule has 1 aromatic carbocycles. The number of carbonyl (C=O) groups is 1. The summed E-state index contributed by atoms with van der Waals surface area (Å²) in [6, 6.07) is 5.24. The summed E-state index contributed by atoms with van der Waals surface area (Å²) in [7, 11) is 0. The van der Waals surface area contributed by atoms with Gasteiger partial charge in [-0.25, -0.2) is 0 Å². The van der Waals surface area contributed by atoms with Gasteiger partial charge in [0.2, 0.25) is 5.91 Å². The first-order valence-corrected chi connectivity index (χ1v) is 8.56. The second-order valence-corrected chi connectivity index (χ2v) is 8.12. The normalized spacial score (nSPS) is 36.8. The molecule has 0 aromatic heterocycles. The summed E-state index contributed by atoms with van der Waals surface area (Å²) < 4.78 is 0. The number of hydrogen-bond acceptors (Lipinski definition) is 1. The number of anilines is 1. The topological polar surface area (TPSA) is 29.1 Å². The van der Waals surface area contributed by atoms with Crippen LogP contribution in [0.5, 0.6) is 0 Å². The van der Waals surface area contributed by atoms with Gasteiger partial charge in [0.15, 0.2) is 0 Å². The zero-order valence-electron chi connectivity index (χ0n) is 11.9. The molecule has 4 bridgehead atoms. The molecular formula is C17H19Cl2NO. The molecule has 0 aliphatic heterocycles. The Hall–Kier alpha value is -0.730. The highest BCUT2D eigenvalue weighted by atomic mass is 35.5. The highest BCUT2D eigenvalue weighted by Crippen LogP contribution is 2.60. The van der Waals surface area contributed by atoms with Crippen molar-refractivity contribution in [1.82, 2.24) is 0 Å². The standard InChI is InChI=1S/C17H19Cl2NO/c18-13-1-2-15(14(19)6-13)20-16(21)17-7-10-3-11(8-17)5-12(4-10)9-17/h1-2,6,10-12H,3-5,7-9H2,(H,20,21). The fraction of sp³-hybridized carbons (Fsp3) is 0.588. The van der Waals surface area contributed by atoms with E-state index in [0.29, 0.717) is 15.7 Å². The van der Waals surface area contributed by atoms with Crippen molar-refractivity contribution in [3.63, 3.8) is 0 Å². The Balaban J connectivity index is 1.57. The van der Waals surface area contributed by atoms with E-state index < -0.39 is 0 Å². The van der Waals surface area contributed by atoms with Crippen LogP contribution in [-0.4, -0.2) is 5.91 Å². The van der Waals surface area contributed by atoms with Crippen molar-refractivity contribution in [3.05, 3.63) is 28.2 Å². The van der Waals surface area contributed by atoms with Gasteiger partial charge < -0.3 is 5.32 Å². The molecule has 0 saturated heterocycles. The quantitative estimate of drug-likeness (QED) is 0.801. The maximum absolute atomic E-state index is 12.9. The zero-order valence-corrected chi connectivity index (χ0v) is 13.4. The summed E-state index contributed by atoms with van der Waals surface area (Å²) in [6.07, 6.45) is 7.22. The number of benzene rings is 1. The van der Waals surface area contributed by atoms with Gasteiger partial charge in [-0.15, -0.1) is 0 Å². The molecule has 1 amide bonds. The van der Waals surface area contributed by atoms with E-state index in [1.54, 1.807) is 18.2 Å². The van der Waals surface area contributed by atoms with Gasteiger partial charge in [0, 0.05) is 5.02 Å². The van der Waals surface area contributed by atoms with Crippen LogP contribution in [0.2, 0.25) is 10.0 Å². The van der Waals surface area contributed by atoms with Gasteiger partial charge in [0.1, 0.15) is 0 Å². The highest BCUT2D eigenvalue weighted by Gasteiger charge is 2.54. The fourth-order valence-electron chi connectivity index (χ4n) is 5.23. The summed E-state index contributed by atoms with van der Waals surface area (Å²) in [5, 5.41) is 4.17. The average molecular weight is 324 g/mol. The van der Waals surface area contributed by atoms with Crippen LogP contribution in [0.1, 0.15) is 38.5 Å². The van der Waals surface area contributed by atoms with Crippen LogP contribution in [0.15, 0.2) is 18.2 Å². The number of amides is 1. The van der Waals surface area contributed by atoms with Crippen molar-refractivity contribution in [2.24, 2.45) is 23.2 Å². The molecule has 21 heavy (non-hydrogen) atoms. The van der Waals surface area contributed by atoms with Crippen LogP contribution >= 0.6 is 23.2 Å². The predicted octanol–water partition coefficient (Wildman–Crippen LogP) is 5.15. The third-order valence-corrected chi connectivity index (χ3v) is 6.25. The second kappa shape index (κ2) is 4.89. The Morgan fingerprint density at radius 3 is 2.14 bits per heavy atom. The van der Waals surface area contributed by atoms with Gasteiger partial charge in [0.05, 0.1) is 16.1 Å². The SMILES string of the molecule is O=C(Nc1ccc(Cl)cc1Cl)C12CC3CC(CC(C3)C1)C2. The van der Waals surface area contributed by atoms with Gasteiger partial charge in [-0.3, -0.25) is 4.79 Å². The van der Waals surface area contributed by atoms with E-state index in [2.05, 4.69) is 5.32 Å². The Bertz CT molecular complexity index is 563. The number of rotatable bonds is 2. The highest BCUT2D eigenvalue weighted by molar-refractivity contribution is 6.36. The number of hydrogen-bond donors (Lipinski definition) is 1. The maximum Gasteiger partial charge on any atom is 0.230 e. The fourth-order valence-corrected chi connectivity index (χ4v) is 5.69. The molecule has 4 aliphatic rings. The third-order valence-electron chi connectivity index (χ3n) is 5.70. The van der Waals surface area contributed by atoms with E-state index in [0.717, 1.165) is 37.0 Å². The number of nitrogens with one attached hydrogen (secondary N) is 1. The van der Waals surface area contributed by atoms with E-state index in [1.807, 2.05) is 0 Å². The monoisotopic (exact) mass is 323 g/mol. The first kappa shape index (κ1) is 13.9. The molecule has 0 atom stereocenters. The minimum absolute atomic E-state index is 0.141. The van der Waals surface area contributed by atoms with Crippen LogP contribution in [0.4, 0.5) is 5.69 Å². The molecule has 4 heteroatoms. The number of halogens is 2. The summed E-state index contributed by atoms with van der Waals surface area (Å²) in [4.78, 5) is 12.9. The molecule has 1 N–H and O–H groups in total. The lowest BCUT2D eigenvalue weighted by Crippen LogP contribution is -2.51. The van der Waals surface area contributed by atoms with E-state index >= 15 is 0 Å². The molecule has 5 rings (SSSR count). The summed E-state index contributed by atoms with van der Waals surface area (Å²) in [5.74, 6) is 2.47. The van der Waals surface area contributed by atoms with E-state index in [1.165, 1.54) is 19.3 Å². The molecule has 0 radical (unpaired) electrons.